The third-order valence-corrected chi connectivity index (χ3v) is 4.88. The molecule has 3 rings (SSSR count). The summed E-state index contributed by atoms with van der Waals surface area (Å²) in [5, 5.41) is 12.4. The Morgan fingerprint density at radius 2 is 1.96 bits per heavy atom. The molecule has 1 aromatic heterocycles. The first kappa shape index (κ1) is 18.3. The lowest BCUT2D eigenvalue weighted by Gasteiger charge is -2.33. The van der Waals surface area contributed by atoms with Gasteiger partial charge in [-0.2, -0.15) is 0 Å². The van der Waals surface area contributed by atoms with Gasteiger partial charge in [-0.15, -0.1) is 0 Å². The number of urea groups is 1. The molecular weight excluding hydrogens is 332 g/mol. The maximum atomic E-state index is 12.6. The lowest BCUT2D eigenvalue weighted by atomic mass is 9.89. The van der Waals surface area contributed by atoms with Crippen LogP contribution in [0, 0.1) is 6.92 Å². The predicted octanol–water partition coefficient (Wildman–Crippen LogP) is 3.57. The zero-order valence-electron chi connectivity index (χ0n) is 15.3. The molecule has 1 saturated heterocycles. The zero-order valence-corrected chi connectivity index (χ0v) is 15.3. The number of amides is 2. The molecule has 1 unspecified atom stereocenters. The Balaban J connectivity index is 1.56. The number of carbonyl (C=O) groups excluding carboxylic acids is 1. The second-order valence-corrected chi connectivity index (χ2v) is 6.76. The van der Waals surface area contributed by atoms with Crippen LogP contribution in [0.4, 0.5) is 4.79 Å². The van der Waals surface area contributed by atoms with Crippen LogP contribution in [0.3, 0.4) is 0 Å². The molecule has 1 fully saturated rings. The first-order valence-corrected chi connectivity index (χ1v) is 8.96. The quantitative estimate of drug-likeness (QED) is 0.857. The minimum absolute atomic E-state index is 0.0924. The highest BCUT2D eigenvalue weighted by Gasteiger charge is 2.26. The monoisotopic (exact) mass is 358 g/mol. The van der Waals surface area contributed by atoms with Gasteiger partial charge in [0.15, 0.2) is 0 Å². The van der Waals surface area contributed by atoms with Gasteiger partial charge in [0.25, 0.3) is 0 Å². The summed E-state index contributed by atoms with van der Waals surface area (Å²) in [4.78, 5) is 14.5. The van der Waals surface area contributed by atoms with E-state index in [1.54, 1.807) is 19.2 Å². The van der Waals surface area contributed by atoms with Crippen molar-refractivity contribution in [2.75, 3.05) is 26.8 Å². The first-order chi connectivity index (χ1) is 12.6. The van der Waals surface area contributed by atoms with Gasteiger partial charge >= 0.3 is 6.03 Å². The number of furan rings is 1. The molecule has 1 atom stereocenters. The molecule has 26 heavy (non-hydrogen) atoms. The van der Waals surface area contributed by atoms with Crippen LogP contribution < -0.4 is 5.32 Å². The Labute approximate surface area is 153 Å². The van der Waals surface area contributed by atoms with Crippen molar-refractivity contribution in [1.82, 2.24) is 10.2 Å². The van der Waals surface area contributed by atoms with Gasteiger partial charge in [0.1, 0.15) is 23.3 Å². The summed E-state index contributed by atoms with van der Waals surface area (Å²) in [5.41, 5.74) is 1.21. The summed E-state index contributed by atoms with van der Waals surface area (Å²) in [6.45, 7) is 3.65. The Bertz CT molecular complexity index is 718. The van der Waals surface area contributed by atoms with Crippen LogP contribution in [-0.4, -0.2) is 42.8 Å². The van der Waals surface area contributed by atoms with Gasteiger partial charge in [-0.25, -0.2) is 4.79 Å². The van der Waals surface area contributed by atoms with Crippen molar-refractivity contribution in [3.05, 3.63) is 53.5 Å². The van der Waals surface area contributed by atoms with Gasteiger partial charge in [-0.3, -0.25) is 0 Å². The molecule has 1 aromatic carbocycles. The third kappa shape index (κ3) is 4.38. The molecule has 0 aliphatic carbocycles. The molecule has 2 aromatic rings. The fraction of sp³-hybridized carbons (Fsp3) is 0.450. The normalized spacial score (nSPS) is 16.5. The Morgan fingerprint density at radius 3 is 2.54 bits per heavy atom. The number of benzene rings is 1. The number of ether oxygens (including phenoxy) is 1. The van der Waals surface area contributed by atoms with Crippen molar-refractivity contribution in [3.63, 3.8) is 0 Å². The minimum atomic E-state index is -0.295. The van der Waals surface area contributed by atoms with E-state index in [1.165, 1.54) is 5.56 Å². The number of aromatic hydroxyl groups is 1. The van der Waals surface area contributed by atoms with Gasteiger partial charge in [0.2, 0.25) is 0 Å². The number of aryl methyl sites for hydroxylation is 1. The first-order valence-electron chi connectivity index (χ1n) is 8.96. The van der Waals surface area contributed by atoms with Crippen LogP contribution in [0.2, 0.25) is 0 Å². The van der Waals surface area contributed by atoms with Crippen LogP contribution in [0.25, 0.3) is 0 Å². The maximum Gasteiger partial charge on any atom is 0.318 e. The number of phenols is 1. The Kier molecular flexibility index (Phi) is 5.83. The lowest BCUT2D eigenvalue weighted by Crippen LogP contribution is -2.46. The SMILES string of the molecule is COCC(NC(=O)N1CCC(c2ccc(O)cc2)CC1)c1ccc(C)o1. The van der Waals surface area contributed by atoms with E-state index in [2.05, 4.69) is 5.32 Å². The van der Waals surface area contributed by atoms with E-state index < -0.39 is 0 Å². The third-order valence-electron chi connectivity index (χ3n) is 4.88. The topological polar surface area (TPSA) is 74.9 Å². The summed E-state index contributed by atoms with van der Waals surface area (Å²) in [6, 6.07) is 10.7. The molecule has 0 bridgehead atoms. The second-order valence-electron chi connectivity index (χ2n) is 6.76. The molecule has 2 heterocycles. The summed E-state index contributed by atoms with van der Waals surface area (Å²) in [6.07, 6.45) is 1.82. The van der Waals surface area contributed by atoms with E-state index in [0.717, 1.165) is 18.6 Å². The molecule has 0 saturated carbocycles. The Morgan fingerprint density at radius 1 is 1.27 bits per heavy atom. The number of methoxy groups -OCH3 is 1. The van der Waals surface area contributed by atoms with Gasteiger partial charge in [-0.05, 0) is 55.5 Å². The van der Waals surface area contributed by atoms with Crippen LogP contribution in [0.5, 0.6) is 5.75 Å². The smallest absolute Gasteiger partial charge is 0.318 e. The molecular formula is C20H26N2O4. The van der Waals surface area contributed by atoms with Crippen LogP contribution >= 0.6 is 0 Å². The van der Waals surface area contributed by atoms with E-state index in [9.17, 15) is 9.90 Å². The lowest BCUT2D eigenvalue weighted by molar-refractivity contribution is 0.141. The number of hydrogen-bond acceptors (Lipinski definition) is 4. The van der Waals surface area contributed by atoms with Crippen molar-refractivity contribution < 1.29 is 19.1 Å². The van der Waals surface area contributed by atoms with E-state index >= 15 is 0 Å². The van der Waals surface area contributed by atoms with Gasteiger partial charge in [-0.1, -0.05) is 12.1 Å². The molecule has 1 aliphatic rings. The molecule has 6 nitrogen and oxygen atoms in total. The van der Waals surface area contributed by atoms with Gasteiger partial charge in [0.05, 0.1) is 6.61 Å². The van der Waals surface area contributed by atoms with E-state index in [1.807, 2.05) is 36.1 Å². The number of phenolic OH excluding ortho intramolecular Hbond substituents is 1. The highest BCUT2D eigenvalue weighted by molar-refractivity contribution is 5.74. The summed E-state index contributed by atoms with van der Waals surface area (Å²) >= 11 is 0. The number of rotatable bonds is 5. The van der Waals surface area contributed by atoms with E-state index in [-0.39, 0.29) is 17.8 Å². The van der Waals surface area contributed by atoms with Crippen molar-refractivity contribution in [2.24, 2.45) is 0 Å². The number of hydrogen-bond donors (Lipinski definition) is 2. The number of carbonyl (C=O) groups is 1. The molecule has 140 valence electrons. The maximum absolute atomic E-state index is 12.6. The van der Waals surface area contributed by atoms with E-state index in [4.69, 9.17) is 9.15 Å². The fourth-order valence-corrected chi connectivity index (χ4v) is 3.41. The second kappa shape index (κ2) is 8.27. The summed E-state index contributed by atoms with van der Waals surface area (Å²) in [7, 11) is 1.61. The molecule has 6 heteroatoms. The molecule has 0 radical (unpaired) electrons. The minimum Gasteiger partial charge on any atom is -0.508 e. The van der Waals surface area contributed by atoms with Crippen LogP contribution in [0.15, 0.2) is 40.8 Å². The van der Waals surface area contributed by atoms with Crippen molar-refractivity contribution in [2.45, 2.75) is 31.7 Å². The van der Waals surface area contributed by atoms with Gasteiger partial charge in [0, 0.05) is 20.2 Å². The number of nitrogens with one attached hydrogen (secondary N) is 1. The van der Waals surface area contributed by atoms with Crippen molar-refractivity contribution in [1.29, 1.82) is 0 Å². The average molecular weight is 358 g/mol. The predicted molar refractivity (Wildman–Crippen MR) is 98.2 cm³/mol. The van der Waals surface area contributed by atoms with Crippen molar-refractivity contribution >= 4 is 6.03 Å². The molecule has 2 N–H and O–H groups in total. The summed E-state index contributed by atoms with van der Waals surface area (Å²) in [5.74, 6) is 2.21. The van der Waals surface area contributed by atoms with Gasteiger partial charge < -0.3 is 24.5 Å². The van der Waals surface area contributed by atoms with Crippen LogP contribution in [-0.2, 0) is 4.74 Å². The number of piperidine rings is 1. The largest absolute Gasteiger partial charge is 0.508 e. The molecule has 2 amide bonds. The van der Waals surface area contributed by atoms with Crippen LogP contribution in [0.1, 0.15) is 41.9 Å². The van der Waals surface area contributed by atoms with Crippen molar-refractivity contribution in [3.8, 4) is 5.75 Å². The zero-order chi connectivity index (χ0) is 18.5. The summed E-state index contributed by atoms with van der Waals surface area (Å²) < 4.78 is 10.9. The standard InChI is InChI=1S/C20H26N2O4/c1-14-3-8-19(26-14)18(13-25-2)21-20(24)22-11-9-16(10-12-22)15-4-6-17(23)7-5-15/h3-8,16,18,23H,9-13H2,1-2H3,(H,21,24). The van der Waals surface area contributed by atoms with E-state index in [0.29, 0.717) is 31.4 Å². The molecule has 0 spiro atoms. The average Bonchev–Trinajstić information content (AvgIpc) is 3.08. The highest BCUT2D eigenvalue weighted by atomic mass is 16.5. The number of likely N-dealkylation sites (tertiary alicyclic amines) is 1. The fourth-order valence-electron chi connectivity index (χ4n) is 3.41. The highest BCUT2D eigenvalue weighted by Crippen LogP contribution is 2.29. The number of nitrogens with zero attached hydrogens (tertiary/aromatic N) is 1. The Hall–Kier alpha value is -2.47. The molecule has 1 aliphatic heterocycles.